The molecule has 1 amide bonds. The number of nitrogens with one attached hydrogen (secondary N) is 1. The Labute approximate surface area is 93.6 Å². The van der Waals surface area contributed by atoms with E-state index in [9.17, 15) is 4.79 Å². The third-order valence-electron chi connectivity index (χ3n) is 2.48. The quantitative estimate of drug-likeness (QED) is 0.724. The second-order valence-electron chi connectivity index (χ2n) is 3.73. The van der Waals surface area contributed by atoms with Gasteiger partial charge in [0, 0.05) is 25.7 Å². The molecule has 0 aromatic carbocycles. The van der Waals surface area contributed by atoms with Crippen molar-refractivity contribution in [2.45, 2.75) is 26.8 Å². The van der Waals surface area contributed by atoms with Crippen LogP contribution < -0.4 is 5.32 Å². The van der Waals surface area contributed by atoms with Crippen LogP contribution in [-0.2, 0) is 4.79 Å². The Balaban J connectivity index is 0.000000921. The van der Waals surface area contributed by atoms with Gasteiger partial charge in [0.05, 0.1) is 6.54 Å². The number of amides is 1. The van der Waals surface area contributed by atoms with Gasteiger partial charge in [0.2, 0.25) is 5.91 Å². The molecule has 0 saturated carbocycles. The number of rotatable bonds is 2. The van der Waals surface area contributed by atoms with Crippen molar-refractivity contribution < 1.29 is 4.79 Å². The smallest absolute Gasteiger partial charge is 0.236 e. The van der Waals surface area contributed by atoms with Gasteiger partial charge in [-0.1, -0.05) is 13.8 Å². The van der Waals surface area contributed by atoms with Gasteiger partial charge in [-0.05, 0) is 21.0 Å². The van der Waals surface area contributed by atoms with Gasteiger partial charge in [-0.3, -0.25) is 4.79 Å². The Bertz CT molecular complexity index is 185. The molecule has 0 aromatic heterocycles. The summed E-state index contributed by atoms with van der Waals surface area (Å²) in [6, 6.07) is 0.347. The molecule has 4 heteroatoms. The molecular formula is C11H25N3O. The molecule has 1 atom stereocenters. The molecule has 1 rings (SSSR count). The van der Waals surface area contributed by atoms with E-state index in [4.69, 9.17) is 0 Å². The van der Waals surface area contributed by atoms with Crippen LogP contribution in [0.1, 0.15) is 20.8 Å². The summed E-state index contributed by atoms with van der Waals surface area (Å²) in [4.78, 5) is 15.8. The van der Waals surface area contributed by atoms with E-state index in [0.717, 1.165) is 19.6 Å². The van der Waals surface area contributed by atoms with Gasteiger partial charge in [0.25, 0.3) is 0 Å². The number of hydrogen-bond acceptors (Lipinski definition) is 3. The average Bonchev–Trinajstić information content (AvgIpc) is 2.21. The summed E-state index contributed by atoms with van der Waals surface area (Å²) in [5.74, 6) is 0.211. The fourth-order valence-electron chi connectivity index (χ4n) is 1.76. The monoisotopic (exact) mass is 215 g/mol. The molecule has 1 aliphatic rings. The van der Waals surface area contributed by atoms with Crippen molar-refractivity contribution in [3.63, 3.8) is 0 Å². The maximum Gasteiger partial charge on any atom is 0.236 e. The fraction of sp³-hybridized carbons (Fsp3) is 0.909. The van der Waals surface area contributed by atoms with E-state index in [1.54, 1.807) is 7.05 Å². The number of carbonyl (C=O) groups excluding carboxylic acids is 1. The van der Waals surface area contributed by atoms with Crippen molar-refractivity contribution in [2.75, 3.05) is 40.3 Å². The van der Waals surface area contributed by atoms with Gasteiger partial charge in [0.1, 0.15) is 0 Å². The normalized spacial score (nSPS) is 21.9. The van der Waals surface area contributed by atoms with Gasteiger partial charge in [-0.25, -0.2) is 0 Å². The Hall–Kier alpha value is -0.610. The highest BCUT2D eigenvalue weighted by Gasteiger charge is 2.24. The van der Waals surface area contributed by atoms with Crippen molar-refractivity contribution in [3.05, 3.63) is 0 Å². The summed E-state index contributed by atoms with van der Waals surface area (Å²) >= 11 is 0. The second kappa shape index (κ2) is 7.65. The van der Waals surface area contributed by atoms with Crippen molar-refractivity contribution in [3.8, 4) is 0 Å². The Morgan fingerprint density at radius 3 is 2.47 bits per heavy atom. The van der Waals surface area contributed by atoms with E-state index >= 15 is 0 Å². The SMILES string of the molecule is CC.CNCC(=O)N1CCN(C)CC1C. The van der Waals surface area contributed by atoms with Crippen molar-refractivity contribution in [1.82, 2.24) is 15.1 Å². The Morgan fingerprint density at radius 1 is 1.40 bits per heavy atom. The van der Waals surface area contributed by atoms with E-state index in [2.05, 4.69) is 24.2 Å². The molecule has 1 aliphatic heterocycles. The molecule has 1 unspecified atom stereocenters. The van der Waals surface area contributed by atoms with Crippen LogP contribution in [0.2, 0.25) is 0 Å². The highest BCUT2D eigenvalue weighted by molar-refractivity contribution is 5.78. The topological polar surface area (TPSA) is 35.6 Å². The van der Waals surface area contributed by atoms with Crippen molar-refractivity contribution >= 4 is 5.91 Å². The molecule has 1 N–H and O–H groups in total. The third-order valence-corrected chi connectivity index (χ3v) is 2.48. The van der Waals surface area contributed by atoms with Crippen LogP contribution in [0, 0.1) is 0 Å². The molecular weight excluding hydrogens is 190 g/mol. The fourth-order valence-corrected chi connectivity index (χ4v) is 1.76. The minimum absolute atomic E-state index is 0.211. The first-order valence-electron chi connectivity index (χ1n) is 5.77. The lowest BCUT2D eigenvalue weighted by Crippen LogP contribution is -2.54. The van der Waals surface area contributed by atoms with Gasteiger partial charge in [0.15, 0.2) is 0 Å². The number of carbonyl (C=O) groups is 1. The third kappa shape index (κ3) is 4.62. The van der Waals surface area contributed by atoms with Crippen LogP contribution in [0.4, 0.5) is 0 Å². The standard InChI is InChI=1S/C9H19N3O.C2H6/c1-8-7-11(3)4-5-12(8)9(13)6-10-2;1-2/h8,10H,4-7H2,1-3H3;1-2H3. The number of likely N-dealkylation sites (N-methyl/N-ethyl adjacent to an activating group) is 2. The van der Waals surface area contributed by atoms with Gasteiger partial charge in [-0.2, -0.15) is 0 Å². The highest BCUT2D eigenvalue weighted by atomic mass is 16.2. The highest BCUT2D eigenvalue weighted by Crippen LogP contribution is 2.07. The molecule has 1 saturated heterocycles. The molecule has 0 aromatic rings. The first-order chi connectivity index (χ1) is 7.15. The van der Waals surface area contributed by atoms with Crippen molar-refractivity contribution in [2.24, 2.45) is 0 Å². The minimum atomic E-state index is 0.211. The first kappa shape index (κ1) is 14.4. The molecule has 90 valence electrons. The predicted molar refractivity (Wildman–Crippen MR) is 63.9 cm³/mol. The van der Waals surface area contributed by atoms with Gasteiger partial charge >= 0.3 is 0 Å². The zero-order valence-electron chi connectivity index (χ0n) is 10.7. The van der Waals surface area contributed by atoms with E-state index in [1.807, 2.05) is 18.7 Å². The molecule has 15 heavy (non-hydrogen) atoms. The van der Waals surface area contributed by atoms with E-state index < -0.39 is 0 Å². The summed E-state index contributed by atoms with van der Waals surface area (Å²) in [5.41, 5.74) is 0. The van der Waals surface area contributed by atoms with Crippen LogP contribution in [-0.4, -0.2) is 62.0 Å². The lowest BCUT2D eigenvalue weighted by Gasteiger charge is -2.38. The van der Waals surface area contributed by atoms with Crippen molar-refractivity contribution in [1.29, 1.82) is 0 Å². The summed E-state index contributed by atoms with van der Waals surface area (Å²) in [7, 11) is 3.90. The Morgan fingerprint density at radius 2 is 2.00 bits per heavy atom. The summed E-state index contributed by atoms with van der Waals surface area (Å²) in [6.07, 6.45) is 0. The summed E-state index contributed by atoms with van der Waals surface area (Å²) in [6.45, 7) is 9.38. The maximum atomic E-state index is 11.6. The lowest BCUT2D eigenvalue weighted by atomic mass is 10.2. The van der Waals surface area contributed by atoms with Gasteiger partial charge in [-0.15, -0.1) is 0 Å². The van der Waals surface area contributed by atoms with Crippen LogP contribution in [0.25, 0.3) is 0 Å². The van der Waals surface area contributed by atoms with Crippen LogP contribution >= 0.6 is 0 Å². The predicted octanol–water partition coefficient (Wildman–Crippen LogP) is 0.395. The Kier molecular flexibility index (Phi) is 7.34. The molecule has 1 fully saturated rings. The summed E-state index contributed by atoms with van der Waals surface area (Å²) in [5, 5.41) is 2.89. The maximum absolute atomic E-state index is 11.6. The van der Waals surface area contributed by atoms with E-state index in [0.29, 0.717) is 12.6 Å². The average molecular weight is 215 g/mol. The first-order valence-corrected chi connectivity index (χ1v) is 5.77. The molecule has 0 radical (unpaired) electrons. The van der Waals surface area contributed by atoms with Crippen LogP contribution in [0.15, 0.2) is 0 Å². The number of hydrogen-bond donors (Lipinski definition) is 1. The molecule has 4 nitrogen and oxygen atoms in total. The zero-order chi connectivity index (χ0) is 11.8. The summed E-state index contributed by atoms with van der Waals surface area (Å²) < 4.78 is 0. The number of piperazine rings is 1. The largest absolute Gasteiger partial charge is 0.336 e. The zero-order valence-corrected chi connectivity index (χ0v) is 10.7. The molecule has 1 heterocycles. The molecule has 0 aliphatic carbocycles. The van der Waals surface area contributed by atoms with E-state index in [1.165, 1.54) is 0 Å². The number of nitrogens with zero attached hydrogens (tertiary/aromatic N) is 2. The van der Waals surface area contributed by atoms with Crippen LogP contribution in [0.5, 0.6) is 0 Å². The molecule has 0 spiro atoms. The second-order valence-corrected chi connectivity index (χ2v) is 3.73. The van der Waals surface area contributed by atoms with Gasteiger partial charge < -0.3 is 15.1 Å². The van der Waals surface area contributed by atoms with Crippen LogP contribution in [0.3, 0.4) is 0 Å². The lowest BCUT2D eigenvalue weighted by molar-refractivity contribution is -0.134. The van der Waals surface area contributed by atoms with E-state index in [-0.39, 0.29) is 5.91 Å². The molecule has 0 bridgehead atoms. The minimum Gasteiger partial charge on any atom is -0.336 e.